The fourth-order valence-corrected chi connectivity index (χ4v) is 2.47. The number of nitro groups is 1. The molecule has 0 spiro atoms. The molecule has 1 saturated heterocycles. The van der Waals surface area contributed by atoms with Crippen molar-refractivity contribution in [2.75, 3.05) is 0 Å². The van der Waals surface area contributed by atoms with Crippen LogP contribution in [0.5, 0.6) is 0 Å². The van der Waals surface area contributed by atoms with Gasteiger partial charge in [-0.1, -0.05) is 31.4 Å². The predicted octanol–water partition coefficient (Wildman–Crippen LogP) is 3.47. The van der Waals surface area contributed by atoms with E-state index in [1.54, 1.807) is 12.1 Å². The minimum Gasteiger partial charge on any atom is -0.360 e. The molecule has 0 N–H and O–H groups in total. The van der Waals surface area contributed by atoms with Gasteiger partial charge in [-0.3, -0.25) is 10.1 Å². The number of hydrogen-bond donors (Lipinski definition) is 0. The van der Waals surface area contributed by atoms with Crippen LogP contribution >= 0.6 is 0 Å². The lowest BCUT2D eigenvalue weighted by Crippen LogP contribution is -2.15. The first-order valence-corrected chi connectivity index (χ1v) is 9.54. The monoisotopic (exact) mass is 263 g/mol. The maximum absolute atomic E-state index is 10.5. The van der Waals surface area contributed by atoms with Gasteiger partial charge in [0.1, 0.15) is 12.2 Å². The summed E-state index contributed by atoms with van der Waals surface area (Å²) in [5, 5.41) is 10.5. The zero-order valence-electron chi connectivity index (χ0n) is 10.8. The summed E-state index contributed by atoms with van der Waals surface area (Å²) in [5.41, 5.74) is 3.39. The Bertz CT molecular complexity index is 476. The van der Waals surface area contributed by atoms with Crippen LogP contribution in [0, 0.1) is 10.1 Å². The lowest BCUT2D eigenvalue weighted by molar-refractivity contribution is -0.384. The lowest BCUT2D eigenvalue weighted by Gasteiger charge is -2.07. The third-order valence-corrected chi connectivity index (χ3v) is 3.94. The zero-order valence-corrected chi connectivity index (χ0v) is 11.8. The van der Waals surface area contributed by atoms with Gasteiger partial charge in [0.15, 0.2) is 0 Å². The van der Waals surface area contributed by atoms with Gasteiger partial charge in [0.05, 0.1) is 13.0 Å². The maximum Gasteiger partial charge on any atom is 0.269 e. The Labute approximate surface area is 107 Å². The number of hydrogen-bond acceptors (Lipinski definition) is 3. The van der Waals surface area contributed by atoms with Gasteiger partial charge >= 0.3 is 0 Å². The van der Waals surface area contributed by atoms with Crippen molar-refractivity contribution in [1.82, 2.24) is 0 Å². The van der Waals surface area contributed by atoms with E-state index in [-0.39, 0.29) is 22.8 Å². The van der Waals surface area contributed by atoms with Crippen LogP contribution in [-0.4, -0.2) is 19.1 Å². The molecule has 1 aromatic carbocycles. The van der Waals surface area contributed by atoms with Crippen molar-refractivity contribution >= 4 is 13.8 Å². The van der Waals surface area contributed by atoms with Gasteiger partial charge in [-0.2, -0.15) is 0 Å². The Morgan fingerprint density at radius 3 is 2.39 bits per heavy atom. The van der Waals surface area contributed by atoms with Crippen LogP contribution in [0.4, 0.5) is 5.69 Å². The summed E-state index contributed by atoms with van der Waals surface area (Å²) < 4.78 is 5.56. The van der Waals surface area contributed by atoms with Gasteiger partial charge in [-0.25, -0.2) is 0 Å². The Morgan fingerprint density at radius 1 is 1.28 bits per heavy atom. The number of epoxide rings is 1. The first kappa shape index (κ1) is 13.0. The smallest absolute Gasteiger partial charge is 0.269 e. The van der Waals surface area contributed by atoms with E-state index in [4.69, 9.17) is 4.74 Å². The van der Waals surface area contributed by atoms with E-state index in [0.717, 1.165) is 5.56 Å². The number of benzene rings is 1. The van der Waals surface area contributed by atoms with E-state index in [1.165, 1.54) is 12.1 Å². The van der Waals surface area contributed by atoms with Crippen molar-refractivity contribution in [3.05, 3.63) is 51.7 Å². The molecule has 2 rings (SSSR count). The fraction of sp³-hybridized carbons (Fsp3) is 0.385. The van der Waals surface area contributed by atoms with E-state index < -0.39 is 8.07 Å². The Kier molecular flexibility index (Phi) is 3.36. The quantitative estimate of drug-likeness (QED) is 0.362. The Balaban J connectivity index is 1.99. The summed E-state index contributed by atoms with van der Waals surface area (Å²) in [5.74, 6) is 0. The number of nitro benzene ring substituents is 1. The first-order chi connectivity index (χ1) is 8.37. The van der Waals surface area contributed by atoms with Gasteiger partial charge in [-0.05, 0) is 17.7 Å². The molecule has 0 aliphatic carbocycles. The highest BCUT2D eigenvalue weighted by Gasteiger charge is 2.38. The topological polar surface area (TPSA) is 55.7 Å². The molecule has 0 bridgehead atoms. The molecule has 1 aliphatic rings. The number of ether oxygens (including phenoxy) is 1. The van der Waals surface area contributed by atoms with Crippen LogP contribution in [0.2, 0.25) is 19.6 Å². The predicted molar refractivity (Wildman–Crippen MR) is 73.2 cm³/mol. The zero-order chi connectivity index (χ0) is 13.3. The molecule has 1 aromatic rings. The summed E-state index contributed by atoms with van der Waals surface area (Å²) in [6, 6.07) is 6.59. The molecule has 1 aliphatic heterocycles. The molecular formula is C13H17NO3Si. The number of non-ortho nitro benzene ring substituents is 1. The van der Waals surface area contributed by atoms with Crippen molar-refractivity contribution in [2.45, 2.75) is 31.8 Å². The molecule has 96 valence electrons. The molecule has 1 fully saturated rings. The minimum absolute atomic E-state index is 0.0680. The Morgan fingerprint density at radius 2 is 1.89 bits per heavy atom. The van der Waals surface area contributed by atoms with Crippen molar-refractivity contribution < 1.29 is 9.66 Å². The van der Waals surface area contributed by atoms with Gasteiger partial charge < -0.3 is 4.74 Å². The molecule has 0 saturated carbocycles. The summed E-state index contributed by atoms with van der Waals surface area (Å²) >= 11 is 0. The van der Waals surface area contributed by atoms with Crippen molar-refractivity contribution in [3.63, 3.8) is 0 Å². The summed E-state index contributed by atoms with van der Waals surface area (Å²) in [7, 11) is -1.18. The second kappa shape index (κ2) is 4.66. The Hall–Kier alpha value is -1.46. The van der Waals surface area contributed by atoms with Gasteiger partial charge in [-0.15, -0.1) is 0 Å². The molecule has 5 heteroatoms. The SMILES string of the molecule is C[Si](C)(C)/C=C/[C@H]1O[C@@H]1c1ccc([N+](=O)[O-])cc1. The number of rotatable bonds is 4. The normalized spacial score (nSPS) is 23.3. The molecule has 2 atom stereocenters. The van der Waals surface area contributed by atoms with Crippen LogP contribution in [0.15, 0.2) is 36.0 Å². The van der Waals surface area contributed by atoms with Crippen LogP contribution in [-0.2, 0) is 4.74 Å². The maximum atomic E-state index is 10.5. The van der Waals surface area contributed by atoms with E-state index in [1.807, 2.05) is 0 Å². The summed E-state index contributed by atoms with van der Waals surface area (Å²) in [6.07, 6.45) is 2.33. The molecule has 0 radical (unpaired) electrons. The van der Waals surface area contributed by atoms with Gasteiger partial charge in [0, 0.05) is 12.1 Å². The van der Waals surface area contributed by atoms with Crippen LogP contribution < -0.4 is 0 Å². The largest absolute Gasteiger partial charge is 0.360 e. The molecular weight excluding hydrogens is 246 g/mol. The van der Waals surface area contributed by atoms with E-state index in [0.29, 0.717) is 0 Å². The summed E-state index contributed by atoms with van der Waals surface area (Å²) in [6.45, 7) is 6.81. The highest BCUT2D eigenvalue weighted by molar-refractivity contribution is 6.80. The molecule has 1 heterocycles. The minimum atomic E-state index is -1.18. The fourth-order valence-electron chi connectivity index (χ4n) is 1.71. The third kappa shape index (κ3) is 3.27. The van der Waals surface area contributed by atoms with Crippen LogP contribution in [0.3, 0.4) is 0 Å². The van der Waals surface area contributed by atoms with E-state index >= 15 is 0 Å². The second-order valence-electron chi connectivity index (χ2n) is 5.60. The molecule has 0 unspecified atom stereocenters. The van der Waals surface area contributed by atoms with E-state index in [2.05, 4.69) is 31.4 Å². The molecule has 18 heavy (non-hydrogen) atoms. The highest BCUT2D eigenvalue weighted by atomic mass is 28.3. The van der Waals surface area contributed by atoms with Crippen LogP contribution in [0.25, 0.3) is 0 Å². The number of nitrogens with zero attached hydrogens (tertiary/aromatic N) is 1. The third-order valence-electron chi connectivity index (χ3n) is 2.74. The lowest BCUT2D eigenvalue weighted by atomic mass is 10.1. The summed E-state index contributed by atoms with van der Waals surface area (Å²) in [4.78, 5) is 10.2. The average molecular weight is 263 g/mol. The molecule has 4 nitrogen and oxygen atoms in total. The van der Waals surface area contributed by atoms with Crippen LogP contribution in [0.1, 0.15) is 11.7 Å². The van der Waals surface area contributed by atoms with Crippen molar-refractivity contribution in [2.24, 2.45) is 0 Å². The van der Waals surface area contributed by atoms with E-state index in [9.17, 15) is 10.1 Å². The second-order valence-corrected chi connectivity index (χ2v) is 10.7. The van der Waals surface area contributed by atoms with Gasteiger partial charge in [0.2, 0.25) is 0 Å². The molecule has 0 amide bonds. The molecule has 0 aromatic heterocycles. The first-order valence-electron chi connectivity index (χ1n) is 5.96. The highest BCUT2D eigenvalue weighted by Crippen LogP contribution is 2.40. The van der Waals surface area contributed by atoms with Crippen molar-refractivity contribution in [3.8, 4) is 0 Å². The van der Waals surface area contributed by atoms with Crippen molar-refractivity contribution in [1.29, 1.82) is 0 Å². The standard InChI is InChI=1S/C13H17NO3Si/c1-18(2,3)9-8-12-13(17-12)10-4-6-11(7-5-10)14(15)16/h4-9,12-13H,1-3H3/b9-8+/t12-,13-/m1/s1. The average Bonchev–Trinajstić information content (AvgIpc) is 3.05. The van der Waals surface area contributed by atoms with Gasteiger partial charge in [0.25, 0.3) is 5.69 Å².